The second-order valence-corrected chi connectivity index (χ2v) is 9.60. The van der Waals surface area contributed by atoms with Gasteiger partial charge in [0.25, 0.3) is 0 Å². The van der Waals surface area contributed by atoms with Crippen molar-refractivity contribution in [3.05, 3.63) is 0 Å². The summed E-state index contributed by atoms with van der Waals surface area (Å²) in [5, 5.41) is 2.66. The largest absolute Gasteiger partial charge is 0.458 e. The molecule has 0 bridgehead atoms. The van der Waals surface area contributed by atoms with Crippen LogP contribution >= 0.6 is 0 Å². The summed E-state index contributed by atoms with van der Waals surface area (Å²) < 4.78 is 16.0. The van der Waals surface area contributed by atoms with E-state index in [-0.39, 0.29) is 24.6 Å². The van der Waals surface area contributed by atoms with Crippen LogP contribution in [-0.2, 0) is 23.8 Å². The summed E-state index contributed by atoms with van der Waals surface area (Å²) in [6.45, 7) is 12.2. The van der Waals surface area contributed by atoms with E-state index in [1.807, 2.05) is 20.8 Å². The van der Waals surface area contributed by atoms with Crippen LogP contribution in [0.25, 0.3) is 0 Å². The molecule has 0 aromatic heterocycles. The number of nitrogens with zero attached hydrogens (tertiary/aromatic N) is 1. The van der Waals surface area contributed by atoms with Crippen molar-refractivity contribution in [3.8, 4) is 0 Å². The van der Waals surface area contributed by atoms with E-state index in [9.17, 15) is 14.4 Å². The third-order valence-electron chi connectivity index (χ3n) is 4.29. The first-order valence-corrected chi connectivity index (χ1v) is 10.6. The highest BCUT2D eigenvalue weighted by Gasteiger charge is 2.27. The van der Waals surface area contributed by atoms with Crippen LogP contribution in [0.2, 0.25) is 0 Å². The van der Waals surface area contributed by atoms with Gasteiger partial charge in [-0.3, -0.25) is 4.79 Å². The van der Waals surface area contributed by atoms with E-state index >= 15 is 0 Å². The molecule has 3 N–H and O–H groups in total. The Morgan fingerprint density at radius 3 is 2.13 bits per heavy atom. The van der Waals surface area contributed by atoms with Gasteiger partial charge in [0.2, 0.25) is 5.91 Å². The van der Waals surface area contributed by atoms with E-state index < -0.39 is 23.3 Å². The van der Waals surface area contributed by atoms with Crippen LogP contribution in [0.3, 0.4) is 0 Å². The lowest BCUT2D eigenvalue weighted by atomic mass is 10.1. The molecule has 1 rings (SSSR count). The van der Waals surface area contributed by atoms with Gasteiger partial charge in [0.05, 0.1) is 12.1 Å². The van der Waals surface area contributed by atoms with Crippen LogP contribution in [0.5, 0.6) is 0 Å². The molecule has 0 unspecified atom stereocenters. The summed E-state index contributed by atoms with van der Waals surface area (Å²) >= 11 is 0. The van der Waals surface area contributed by atoms with Gasteiger partial charge in [-0.25, -0.2) is 9.59 Å². The number of nitrogens with one attached hydrogen (secondary N) is 1. The Morgan fingerprint density at radius 1 is 1.03 bits per heavy atom. The van der Waals surface area contributed by atoms with E-state index in [4.69, 9.17) is 19.9 Å². The lowest BCUT2D eigenvalue weighted by molar-refractivity contribution is -0.163. The van der Waals surface area contributed by atoms with E-state index in [1.165, 1.54) is 0 Å². The number of rotatable bonds is 8. The van der Waals surface area contributed by atoms with Gasteiger partial charge in [0.1, 0.15) is 17.8 Å². The standard InChI is InChI=1S/C21H39N3O6/c1-20(2,3)29-17(25)14-28-15-9-12-24(13-10-15)18(26)16(22)8-7-11-23-19(27)30-21(4,5)6/h15-16H,7-14,22H2,1-6H3,(H,23,27)/t16-/m0/s1. The molecule has 9 heteroatoms. The SMILES string of the molecule is CC(C)(C)OC(=O)COC1CCN(C(=O)[C@@H](N)CCCNC(=O)OC(C)(C)C)CC1. The number of carbonyl (C=O) groups excluding carboxylic acids is 3. The fourth-order valence-electron chi connectivity index (χ4n) is 2.98. The van der Waals surface area contributed by atoms with Crippen LogP contribution in [0.15, 0.2) is 0 Å². The second-order valence-electron chi connectivity index (χ2n) is 9.60. The number of hydrogen-bond acceptors (Lipinski definition) is 7. The van der Waals surface area contributed by atoms with Crippen molar-refractivity contribution >= 4 is 18.0 Å². The molecule has 30 heavy (non-hydrogen) atoms. The average Bonchev–Trinajstić information content (AvgIpc) is 2.60. The predicted octanol–water partition coefficient (Wildman–Crippen LogP) is 1.97. The number of esters is 1. The number of alkyl carbamates (subject to hydrolysis) is 1. The molecule has 1 atom stereocenters. The maximum atomic E-state index is 12.5. The first-order chi connectivity index (χ1) is 13.8. The van der Waals surface area contributed by atoms with Crippen molar-refractivity contribution in [2.75, 3.05) is 26.2 Å². The smallest absolute Gasteiger partial charge is 0.407 e. The highest BCUT2D eigenvalue weighted by molar-refractivity contribution is 5.81. The minimum Gasteiger partial charge on any atom is -0.458 e. The Hall–Kier alpha value is -1.87. The van der Waals surface area contributed by atoms with Crippen LogP contribution in [0.1, 0.15) is 67.2 Å². The average molecular weight is 430 g/mol. The fourth-order valence-corrected chi connectivity index (χ4v) is 2.98. The highest BCUT2D eigenvalue weighted by atomic mass is 16.6. The zero-order chi connectivity index (χ0) is 22.9. The molecule has 1 aliphatic heterocycles. The van der Waals surface area contributed by atoms with Gasteiger partial charge in [0.15, 0.2) is 0 Å². The molecule has 0 aromatic carbocycles. The Bertz CT molecular complexity index is 574. The normalized spacial score (nSPS) is 16.7. The predicted molar refractivity (Wildman–Crippen MR) is 113 cm³/mol. The van der Waals surface area contributed by atoms with E-state index in [0.29, 0.717) is 45.3 Å². The zero-order valence-corrected chi connectivity index (χ0v) is 19.3. The second kappa shape index (κ2) is 11.5. The van der Waals surface area contributed by atoms with Gasteiger partial charge in [-0.1, -0.05) is 0 Å². The molecule has 1 saturated heterocycles. The quantitative estimate of drug-likeness (QED) is 0.447. The molecule has 0 saturated carbocycles. The van der Waals surface area contributed by atoms with Crippen molar-refractivity contribution < 1.29 is 28.6 Å². The topological polar surface area (TPSA) is 120 Å². The highest BCUT2D eigenvalue weighted by Crippen LogP contribution is 2.16. The van der Waals surface area contributed by atoms with Gasteiger partial charge < -0.3 is 30.2 Å². The van der Waals surface area contributed by atoms with Crippen LogP contribution in [0, 0.1) is 0 Å². The molecule has 1 fully saturated rings. The molecule has 174 valence electrons. The third-order valence-corrected chi connectivity index (χ3v) is 4.29. The van der Waals surface area contributed by atoms with Gasteiger partial charge in [0, 0.05) is 19.6 Å². The number of hydrogen-bond donors (Lipinski definition) is 2. The summed E-state index contributed by atoms with van der Waals surface area (Å²) in [6, 6.07) is -0.607. The lowest BCUT2D eigenvalue weighted by Gasteiger charge is -2.33. The Morgan fingerprint density at radius 2 is 1.60 bits per heavy atom. The summed E-state index contributed by atoms with van der Waals surface area (Å²) in [4.78, 5) is 37.6. The number of amides is 2. The van der Waals surface area contributed by atoms with Crippen LogP contribution in [0.4, 0.5) is 4.79 Å². The molecule has 0 aliphatic carbocycles. The third kappa shape index (κ3) is 11.3. The Kier molecular flexibility index (Phi) is 10.0. The minimum absolute atomic E-state index is 0.0733. The van der Waals surface area contributed by atoms with Crippen molar-refractivity contribution in [1.29, 1.82) is 0 Å². The van der Waals surface area contributed by atoms with E-state index in [2.05, 4.69) is 5.32 Å². The van der Waals surface area contributed by atoms with E-state index in [1.54, 1.807) is 25.7 Å². The van der Waals surface area contributed by atoms with Crippen molar-refractivity contribution in [1.82, 2.24) is 10.2 Å². The number of piperidine rings is 1. The maximum absolute atomic E-state index is 12.5. The van der Waals surface area contributed by atoms with Gasteiger partial charge in [-0.2, -0.15) is 0 Å². The molecule has 1 aliphatic rings. The van der Waals surface area contributed by atoms with Gasteiger partial charge in [-0.15, -0.1) is 0 Å². The summed E-state index contributed by atoms with van der Waals surface area (Å²) in [5.41, 5.74) is 4.96. The number of carbonyl (C=O) groups is 3. The van der Waals surface area contributed by atoms with Crippen LogP contribution < -0.4 is 11.1 Å². The van der Waals surface area contributed by atoms with Gasteiger partial charge >= 0.3 is 12.1 Å². The molecule has 2 amide bonds. The summed E-state index contributed by atoms with van der Waals surface area (Å²) in [7, 11) is 0. The minimum atomic E-state index is -0.607. The molecule has 0 radical (unpaired) electrons. The number of nitrogens with two attached hydrogens (primary N) is 1. The van der Waals surface area contributed by atoms with Crippen molar-refractivity contribution in [2.45, 2.75) is 90.6 Å². The first-order valence-electron chi connectivity index (χ1n) is 10.6. The van der Waals surface area contributed by atoms with Gasteiger partial charge in [-0.05, 0) is 67.2 Å². The maximum Gasteiger partial charge on any atom is 0.407 e. The molecule has 0 aromatic rings. The Balaban J connectivity index is 2.23. The molecule has 1 heterocycles. The molecular formula is C21H39N3O6. The Labute approximate surface area is 180 Å². The first kappa shape index (κ1) is 26.2. The summed E-state index contributed by atoms with van der Waals surface area (Å²) in [6.07, 6.45) is 1.82. The van der Waals surface area contributed by atoms with Crippen molar-refractivity contribution in [3.63, 3.8) is 0 Å². The fraction of sp³-hybridized carbons (Fsp3) is 0.857. The number of ether oxygens (including phenoxy) is 3. The molecule has 0 spiro atoms. The lowest BCUT2D eigenvalue weighted by Crippen LogP contribution is -2.48. The van der Waals surface area contributed by atoms with Crippen LogP contribution in [-0.4, -0.2) is 72.5 Å². The van der Waals surface area contributed by atoms with E-state index in [0.717, 1.165) is 0 Å². The number of likely N-dealkylation sites (tertiary alicyclic amines) is 1. The monoisotopic (exact) mass is 429 g/mol. The molecular weight excluding hydrogens is 390 g/mol. The van der Waals surface area contributed by atoms with Crippen molar-refractivity contribution in [2.24, 2.45) is 5.73 Å². The molecule has 9 nitrogen and oxygen atoms in total. The zero-order valence-electron chi connectivity index (χ0n) is 19.3. The summed E-state index contributed by atoms with van der Waals surface area (Å²) in [5.74, 6) is -0.485.